The first-order valence-corrected chi connectivity index (χ1v) is 9.49. The lowest BCUT2D eigenvalue weighted by Crippen LogP contribution is -2.41. The fraction of sp³-hybridized carbons (Fsp3) is 0.350. The molecule has 4 rings (SSSR count). The molecule has 0 amide bonds. The molecule has 1 atom stereocenters. The van der Waals surface area contributed by atoms with Crippen molar-refractivity contribution in [3.63, 3.8) is 0 Å². The van der Waals surface area contributed by atoms with Crippen molar-refractivity contribution >= 4 is 34.7 Å². The van der Waals surface area contributed by atoms with E-state index in [9.17, 15) is 5.11 Å². The highest BCUT2D eigenvalue weighted by Gasteiger charge is 2.52. The van der Waals surface area contributed by atoms with Gasteiger partial charge in [0, 0.05) is 12.0 Å². The molecule has 130 valence electrons. The molecule has 0 fully saturated rings. The van der Waals surface area contributed by atoms with Crippen molar-refractivity contribution in [2.45, 2.75) is 31.4 Å². The first-order chi connectivity index (χ1) is 12.1. The Kier molecular flexibility index (Phi) is 4.48. The van der Waals surface area contributed by atoms with Crippen molar-refractivity contribution in [3.8, 4) is 0 Å². The standard InChI is InChI=1S/C20H21Cl2N2O/c21-17-11-10-15(13-18(17)22)20(25)14-23(16-7-3-1-4-8-16)19-9-5-2-6-12-24(19)20/h1,3-4,7-8,10-11,13,25H,2,5-6,9,12,14H2/q+1/t20-/m0/s1. The predicted molar refractivity (Wildman–Crippen MR) is 103 cm³/mol. The van der Waals surface area contributed by atoms with E-state index in [2.05, 4.69) is 21.6 Å². The van der Waals surface area contributed by atoms with E-state index in [1.165, 1.54) is 12.3 Å². The van der Waals surface area contributed by atoms with Gasteiger partial charge < -0.3 is 5.11 Å². The molecule has 0 bridgehead atoms. The minimum absolute atomic E-state index is 0.474. The predicted octanol–water partition coefficient (Wildman–Crippen LogP) is 4.64. The summed E-state index contributed by atoms with van der Waals surface area (Å²) in [7, 11) is 0. The summed E-state index contributed by atoms with van der Waals surface area (Å²) in [6.07, 6.45) is 4.38. The smallest absolute Gasteiger partial charge is 0.271 e. The topological polar surface area (TPSA) is 26.5 Å². The molecule has 2 heterocycles. The van der Waals surface area contributed by atoms with Crippen molar-refractivity contribution in [1.29, 1.82) is 0 Å². The van der Waals surface area contributed by atoms with Crippen LogP contribution < -0.4 is 4.90 Å². The van der Waals surface area contributed by atoms with Crippen LogP contribution in [0.25, 0.3) is 0 Å². The van der Waals surface area contributed by atoms with Gasteiger partial charge in [-0.3, -0.25) is 0 Å². The number of para-hydroxylation sites is 1. The van der Waals surface area contributed by atoms with Gasteiger partial charge in [-0.1, -0.05) is 47.5 Å². The molecule has 2 aromatic rings. The third-order valence-electron chi connectivity index (χ3n) is 5.18. The van der Waals surface area contributed by atoms with Crippen LogP contribution in [0.4, 0.5) is 5.69 Å². The minimum Gasteiger partial charge on any atom is -0.346 e. The number of anilines is 1. The van der Waals surface area contributed by atoms with Crippen LogP contribution in [0.15, 0.2) is 48.5 Å². The molecule has 0 saturated heterocycles. The molecule has 0 aromatic heterocycles. The van der Waals surface area contributed by atoms with E-state index >= 15 is 0 Å². The molecule has 25 heavy (non-hydrogen) atoms. The van der Waals surface area contributed by atoms with Gasteiger partial charge in [-0.2, -0.15) is 0 Å². The van der Waals surface area contributed by atoms with Crippen molar-refractivity contribution in [2.24, 2.45) is 0 Å². The second-order valence-corrected chi connectivity index (χ2v) is 7.56. The molecular weight excluding hydrogens is 355 g/mol. The summed E-state index contributed by atoms with van der Waals surface area (Å²) < 4.78 is 2.16. The third kappa shape index (κ3) is 2.95. The largest absolute Gasteiger partial charge is 0.346 e. The van der Waals surface area contributed by atoms with Crippen LogP contribution in [0.3, 0.4) is 0 Å². The van der Waals surface area contributed by atoms with Crippen molar-refractivity contribution in [1.82, 2.24) is 0 Å². The number of β-amino-alcohol motifs (C(OH)–C–C–N with tert-alkyl or cyclic N) is 1. The van der Waals surface area contributed by atoms with Gasteiger partial charge in [-0.05, 0) is 43.5 Å². The van der Waals surface area contributed by atoms with Gasteiger partial charge in [0.05, 0.1) is 16.6 Å². The van der Waals surface area contributed by atoms with E-state index < -0.39 is 5.72 Å². The molecule has 0 spiro atoms. The molecule has 0 aliphatic carbocycles. The summed E-state index contributed by atoms with van der Waals surface area (Å²) in [5.74, 6) is 1.19. The van der Waals surface area contributed by atoms with Crippen LogP contribution in [-0.4, -0.2) is 28.6 Å². The fourth-order valence-electron chi connectivity index (χ4n) is 3.91. The van der Waals surface area contributed by atoms with E-state index in [4.69, 9.17) is 23.2 Å². The van der Waals surface area contributed by atoms with Crippen LogP contribution >= 0.6 is 23.2 Å². The van der Waals surface area contributed by atoms with Crippen molar-refractivity contribution in [3.05, 3.63) is 64.1 Å². The number of hydrogen-bond donors (Lipinski definition) is 1. The number of halogens is 2. The molecule has 2 aliphatic heterocycles. The van der Waals surface area contributed by atoms with Crippen molar-refractivity contribution in [2.75, 3.05) is 18.0 Å². The highest BCUT2D eigenvalue weighted by molar-refractivity contribution is 6.42. The van der Waals surface area contributed by atoms with E-state index in [1.54, 1.807) is 12.1 Å². The maximum atomic E-state index is 11.7. The Morgan fingerprint density at radius 2 is 1.76 bits per heavy atom. The number of amidine groups is 1. The Balaban J connectivity index is 1.82. The van der Waals surface area contributed by atoms with Gasteiger partial charge in [0.1, 0.15) is 5.69 Å². The Labute approximate surface area is 158 Å². The average Bonchev–Trinajstić information content (AvgIpc) is 2.78. The Morgan fingerprint density at radius 3 is 2.52 bits per heavy atom. The van der Waals surface area contributed by atoms with Gasteiger partial charge >= 0.3 is 0 Å². The van der Waals surface area contributed by atoms with Gasteiger partial charge in [-0.25, -0.2) is 9.48 Å². The number of aliphatic hydroxyl groups is 1. The van der Waals surface area contributed by atoms with Gasteiger partial charge in [-0.15, -0.1) is 0 Å². The summed E-state index contributed by atoms with van der Waals surface area (Å²) in [6.45, 7) is 1.33. The quantitative estimate of drug-likeness (QED) is 0.773. The summed E-state index contributed by atoms with van der Waals surface area (Å²) in [5.41, 5.74) is 0.809. The number of benzene rings is 2. The Hall–Kier alpha value is -1.55. The lowest BCUT2D eigenvalue weighted by atomic mass is 10.0. The van der Waals surface area contributed by atoms with Crippen molar-refractivity contribution < 1.29 is 9.68 Å². The zero-order valence-corrected chi connectivity index (χ0v) is 15.5. The normalized spacial score (nSPS) is 23.6. The zero-order chi connectivity index (χ0) is 17.4. The molecule has 5 heteroatoms. The molecule has 0 unspecified atom stereocenters. The van der Waals surface area contributed by atoms with Gasteiger partial charge in [0.2, 0.25) is 0 Å². The lowest BCUT2D eigenvalue weighted by molar-refractivity contribution is -0.658. The average molecular weight is 376 g/mol. The first-order valence-electron chi connectivity index (χ1n) is 8.73. The molecular formula is C20H21Cl2N2O+. The van der Waals surface area contributed by atoms with E-state index in [1.807, 2.05) is 24.3 Å². The molecule has 1 N–H and O–H groups in total. The zero-order valence-electron chi connectivity index (χ0n) is 14.0. The fourth-order valence-corrected chi connectivity index (χ4v) is 4.21. The van der Waals surface area contributed by atoms with Crippen LogP contribution in [0, 0.1) is 0 Å². The minimum atomic E-state index is -1.09. The summed E-state index contributed by atoms with van der Waals surface area (Å²) in [4.78, 5) is 2.24. The van der Waals surface area contributed by atoms with Gasteiger partial charge in [0.15, 0.2) is 6.54 Å². The Morgan fingerprint density at radius 1 is 0.960 bits per heavy atom. The van der Waals surface area contributed by atoms with Crippen LogP contribution in [0.5, 0.6) is 0 Å². The van der Waals surface area contributed by atoms with Gasteiger partial charge in [0.25, 0.3) is 11.6 Å². The molecule has 2 aromatic carbocycles. The van der Waals surface area contributed by atoms with Crippen LogP contribution in [0.2, 0.25) is 10.0 Å². The monoisotopic (exact) mass is 375 g/mol. The second-order valence-electron chi connectivity index (χ2n) is 6.75. The molecule has 2 aliphatic rings. The van der Waals surface area contributed by atoms with Crippen LogP contribution in [-0.2, 0) is 5.72 Å². The third-order valence-corrected chi connectivity index (χ3v) is 5.92. The second kappa shape index (κ2) is 6.64. The number of hydrogen-bond acceptors (Lipinski definition) is 2. The number of rotatable bonds is 2. The highest BCUT2D eigenvalue weighted by Crippen LogP contribution is 2.37. The maximum Gasteiger partial charge on any atom is 0.271 e. The highest BCUT2D eigenvalue weighted by atomic mass is 35.5. The molecule has 0 saturated carbocycles. The van der Waals surface area contributed by atoms with E-state index in [-0.39, 0.29) is 0 Å². The SMILES string of the molecule is O[C@]1(c2ccc(Cl)c(Cl)c2)CN(c2ccccc2)C2=[N+]1CCCCC2. The number of nitrogens with zero attached hydrogens (tertiary/aromatic N) is 2. The van der Waals surface area contributed by atoms with E-state index in [0.717, 1.165) is 37.1 Å². The Bertz CT molecular complexity index is 822. The first kappa shape index (κ1) is 16.9. The summed E-state index contributed by atoms with van der Waals surface area (Å²) in [5, 5.41) is 12.7. The lowest BCUT2D eigenvalue weighted by Gasteiger charge is -2.24. The van der Waals surface area contributed by atoms with E-state index in [0.29, 0.717) is 16.6 Å². The molecule has 0 radical (unpaired) electrons. The maximum absolute atomic E-state index is 11.7. The summed E-state index contributed by atoms with van der Waals surface area (Å²) >= 11 is 12.3. The van der Waals surface area contributed by atoms with Crippen LogP contribution in [0.1, 0.15) is 31.2 Å². The summed E-state index contributed by atoms with van der Waals surface area (Å²) in [6, 6.07) is 15.7. The molecule has 3 nitrogen and oxygen atoms in total.